The molecular weight excluding hydrogens is 1540 g/mol. The van der Waals surface area contributed by atoms with E-state index in [0.717, 1.165) is 19.9 Å². The fourth-order valence-corrected chi connectivity index (χ4v) is 11.2. The third kappa shape index (κ3) is 36.9. The van der Waals surface area contributed by atoms with Gasteiger partial charge in [-0.05, 0) is 107 Å². The molecule has 0 unspecified atom stereocenters. The molecule has 49 heteroatoms. The van der Waals surface area contributed by atoms with Crippen LogP contribution in [0.4, 0.5) is 0 Å². The number of carboxylic acids is 7. The summed E-state index contributed by atoms with van der Waals surface area (Å²) in [4.78, 5) is 253. The minimum absolute atomic E-state index is 0.00592. The van der Waals surface area contributed by atoms with Gasteiger partial charge in [0.05, 0.1) is 18.9 Å². The number of guanidine groups is 3. The van der Waals surface area contributed by atoms with Crippen LogP contribution in [0.15, 0.2) is 18.2 Å². The summed E-state index contributed by atoms with van der Waals surface area (Å²) in [6.07, 6.45) is -9.91. The number of fused-ring (bicyclic) bond motifs is 1. The van der Waals surface area contributed by atoms with Gasteiger partial charge in [-0.2, -0.15) is 0 Å². The fraction of sp³-hybridized carbons (Fsp3) is 0.582. The van der Waals surface area contributed by atoms with E-state index in [2.05, 4.69) is 63.8 Å². The minimum atomic E-state index is -2.41. The number of phenols is 1. The summed E-state index contributed by atoms with van der Waals surface area (Å²) >= 11 is 0. The predicted molar refractivity (Wildman–Crippen MR) is 399 cm³/mol. The van der Waals surface area contributed by atoms with Crippen LogP contribution in [0.25, 0.3) is 0 Å². The number of nitrogens with two attached hydrogens (primary N) is 4. The largest absolute Gasteiger partial charge is 0.508 e. The number of benzene rings is 1. The van der Waals surface area contributed by atoms with Crippen molar-refractivity contribution >= 4 is 131 Å². The maximum absolute atomic E-state index is 15.0. The second-order valence-corrected chi connectivity index (χ2v) is 27.1. The van der Waals surface area contributed by atoms with Crippen molar-refractivity contribution in [1.82, 2.24) is 79.3 Å². The Morgan fingerprint density at radius 1 is 0.405 bits per heavy atom. The Labute approximate surface area is 661 Å². The molecule has 644 valence electrons. The van der Waals surface area contributed by atoms with Gasteiger partial charge >= 0.3 is 41.8 Å². The lowest BCUT2D eigenvalue weighted by atomic mass is 9.91. The zero-order valence-corrected chi connectivity index (χ0v) is 63.8. The van der Waals surface area contributed by atoms with E-state index in [1.165, 1.54) is 26.0 Å². The Balaban J connectivity index is 2.53. The van der Waals surface area contributed by atoms with E-state index >= 15 is 0 Å². The number of aliphatic carboxylic acids is 7. The molecule has 12 amide bonds. The molecule has 49 nitrogen and oxygen atoms in total. The summed E-state index contributed by atoms with van der Waals surface area (Å²) in [5.74, 6) is -28.8. The first-order chi connectivity index (χ1) is 54.2. The molecule has 0 bridgehead atoms. The number of hydrogen-bond donors (Lipinski definition) is 29. The van der Waals surface area contributed by atoms with Gasteiger partial charge in [0, 0.05) is 58.3 Å². The molecule has 1 aromatic rings. The first-order valence-corrected chi connectivity index (χ1v) is 36.2. The number of hydrogen-bond acceptors (Lipinski definition) is 24. The van der Waals surface area contributed by atoms with Crippen LogP contribution in [0, 0.1) is 22.1 Å². The molecule has 1 aromatic carbocycles. The molecule has 1 aliphatic heterocycles. The molecule has 0 saturated heterocycles. The smallest absolute Gasteiger partial charge is 0.326 e. The molecule has 0 saturated carbocycles. The molecule has 13 atom stereocenters. The summed E-state index contributed by atoms with van der Waals surface area (Å²) in [6.45, 7) is 4.58. The maximum atomic E-state index is 15.0. The van der Waals surface area contributed by atoms with Crippen molar-refractivity contribution in [2.75, 3.05) is 19.6 Å². The highest BCUT2D eigenvalue weighted by Gasteiger charge is 2.43. The molecule has 33 N–H and O–H groups in total. The van der Waals surface area contributed by atoms with Crippen LogP contribution in [0.3, 0.4) is 0 Å². The second-order valence-electron chi connectivity index (χ2n) is 27.1. The van der Waals surface area contributed by atoms with Gasteiger partial charge < -0.3 is 143 Å². The zero-order chi connectivity index (χ0) is 88.0. The van der Waals surface area contributed by atoms with Gasteiger partial charge in [0.25, 0.3) is 0 Å². The number of carboxylic acid groups (broad SMARTS) is 7. The van der Waals surface area contributed by atoms with Gasteiger partial charge in [0.15, 0.2) is 17.9 Å². The Morgan fingerprint density at radius 2 is 0.733 bits per heavy atom. The normalized spacial score (nSPS) is 15.2. The lowest BCUT2D eigenvalue weighted by Gasteiger charge is -2.39. The van der Waals surface area contributed by atoms with Gasteiger partial charge in [-0.3, -0.25) is 103 Å². The highest BCUT2D eigenvalue weighted by molar-refractivity contribution is 6.01. The van der Waals surface area contributed by atoms with Crippen molar-refractivity contribution in [2.45, 2.75) is 222 Å². The molecule has 116 heavy (non-hydrogen) atoms. The van der Waals surface area contributed by atoms with Crippen molar-refractivity contribution < 1.29 is 132 Å². The standard InChI is InChI=1S/C67H104N22O27/c1-29(2)51(64(115)116)88-59(110)40(15-19-47(95)96)83-57(108)39(14-18-46(93)94)84-62(113)44-25-32-11-12-34(90)24-33(32)28-89(44)63(114)41(16-20-48(97)98)85-60(111)42(26-49(99)100)87-61(112)43(27-50(101)102)86-58(109)38(13-17-45(91)92)80-53(104)31(4)78-52(103)30(3)79-55(106)36(9-6-22-76-66(71)72)82-56(107)37(10-7-23-77-67(73)74)81-54(105)35(68)8-5-21-75-65(69)70/h11-12,24,29-31,35-44,51,90H,5-10,13-23,25-28,68H2,1-4H3,(H,78,103)(H,79,106)(H,80,104)(H,81,105)(H,82,107)(H,83,108)(H,84,113)(H,85,111)(H,86,109)(H,87,112)(H,88,110)(H,91,92)(H,93,94)(H,95,96)(H,97,98)(H,99,100)(H,101,102)(H,115,116)(H4,69,70,75)(H4,71,72,76)(H4,73,74,77)/t30-,31-,35-,36-,37-,38-,39-,40-,41-,42-,43-,44-,51-/m0/s1. The summed E-state index contributed by atoms with van der Waals surface area (Å²) in [5, 5.41) is 133. The maximum Gasteiger partial charge on any atom is 0.326 e. The highest BCUT2D eigenvalue weighted by Crippen LogP contribution is 2.28. The molecule has 0 aliphatic carbocycles. The molecular formula is C67H104N22O27. The topological polar surface area (TPSA) is 833 Å². The third-order valence-corrected chi connectivity index (χ3v) is 17.3. The number of carbonyl (C=O) groups is 19. The van der Waals surface area contributed by atoms with E-state index in [4.69, 9.17) is 39.2 Å². The van der Waals surface area contributed by atoms with Crippen LogP contribution in [-0.2, 0) is 104 Å². The van der Waals surface area contributed by atoms with Crippen LogP contribution >= 0.6 is 0 Å². The van der Waals surface area contributed by atoms with Crippen LogP contribution in [-0.4, -0.2) is 274 Å². The second kappa shape index (κ2) is 49.3. The number of rotatable bonds is 53. The molecule has 0 aromatic heterocycles. The average molecular weight is 1650 g/mol. The fourth-order valence-electron chi connectivity index (χ4n) is 11.2. The number of nitrogens with zero attached hydrogens (tertiary/aromatic N) is 1. The van der Waals surface area contributed by atoms with Crippen LogP contribution in [0.2, 0.25) is 0 Å². The van der Waals surface area contributed by atoms with Crippen molar-refractivity contribution in [2.24, 2.45) is 28.9 Å². The van der Waals surface area contributed by atoms with Gasteiger partial charge in [0.1, 0.15) is 78.3 Å². The predicted octanol–water partition coefficient (Wildman–Crippen LogP) is -8.72. The number of aromatic hydroxyl groups is 1. The summed E-state index contributed by atoms with van der Waals surface area (Å²) < 4.78 is 0. The minimum Gasteiger partial charge on any atom is -0.508 e. The van der Waals surface area contributed by atoms with Crippen molar-refractivity contribution in [3.63, 3.8) is 0 Å². The van der Waals surface area contributed by atoms with Crippen LogP contribution < -0.4 is 97.4 Å². The number of carbonyl (C=O) groups excluding carboxylic acids is 12. The van der Waals surface area contributed by atoms with Crippen molar-refractivity contribution in [3.05, 3.63) is 29.3 Å². The van der Waals surface area contributed by atoms with Crippen LogP contribution in [0.1, 0.15) is 142 Å². The third-order valence-electron chi connectivity index (χ3n) is 17.3. The van der Waals surface area contributed by atoms with E-state index < -0.39 is 292 Å². The van der Waals surface area contributed by atoms with E-state index in [0.29, 0.717) is 4.90 Å². The molecule has 0 spiro atoms. The average Bonchev–Trinajstić information content (AvgIpc) is 0.780. The van der Waals surface area contributed by atoms with E-state index in [1.54, 1.807) is 0 Å². The lowest BCUT2D eigenvalue weighted by Crippen LogP contribution is -2.62. The number of amides is 12. The van der Waals surface area contributed by atoms with Crippen LogP contribution in [0.5, 0.6) is 5.75 Å². The monoisotopic (exact) mass is 1650 g/mol. The Kier molecular flexibility index (Phi) is 42.0. The van der Waals surface area contributed by atoms with E-state index in [1.807, 2.05) is 10.6 Å². The first-order valence-electron chi connectivity index (χ1n) is 36.2. The quantitative estimate of drug-likeness (QED) is 0.0164. The highest BCUT2D eigenvalue weighted by atomic mass is 16.4. The number of nitrogens with one attached hydrogen (secondary N) is 17. The summed E-state index contributed by atoms with van der Waals surface area (Å²) in [6, 6.07) is -19.8. The molecule has 0 fully saturated rings. The van der Waals surface area contributed by atoms with Gasteiger partial charge in [-0.1, -0.05) is 19.9 Å². The van der Waals surface area contributed by atoms with E-state index in [9.17, 15) is 132 Å². The van der Waals surface area contributed by atoms with Gasteiger partial charge in [-0.15, -0.1) is 0 Å². The molecule has 1 aliphatic rings. The van der Waals surface area contributed by atoms with Crippen molar-refractivity contribution in [1.29, 1.82) is 16.2 Å². The molecule has 0 radical (unpaired) electrons. The first kappa shape index (κ1) is 98.8. The number of phenolic OH excluding ortho intramolecular Hbond substituents is 1. The molecule has 2 rings (SSSR count). The zero-order valence-electron chi connectivity index (χ0n) is 63.8. The van der Waals surface area contributed by atoms with Crippen molar-refractivity contribution in [3.8, 4) is 5.75 Å². The van der Waals surface area contributed by atoms with E-state index in [-0.39, 0.29) is 75.2 Å². The molecule has 1 heterocycles. The summed E-state index contributed by atoms with van der Waals surface area (Å²) in [5.41, 5.74) is 22.5. The summed E-state index contributed by atoms with van der Waals surface area (Å²) in [7, 11) is 0. The Bertz CT molecular complexity index is 3790. The van der Waals surface area contributed by atoms with Gasteiger partial charge in [-0.25, -0.2) is 4.79 Å². The SMILES string of the molecule is CC(C)[C@H](NC(=O)[C@H](CCC(=O)O)NC(=O)[C@H](CCC(=O)O)NC(=O)[C@@H]1Cc2ccc(O)cc2CN1C(=O)[C@H](CCC(=O)O)NC(=O)[C@H](CC(=O)O)NC(=O)[C@H](CC(=O)O)NC(=O)[C@H](CCC(=O)O)NC(=O)[C@H](C)NC(=O)[C@H](C)NC(=O)[C@H](CCCNC(=N)N)NC(=O)[C@H](CCCNC(=N)N)NC(=O)[C@@H](N)CCCNC(=N)N)C(=O)O. The Hall–Kier alpha value is -13.3. The van der Waals surface area contributed by atoms with Gasteiger partial charge in [0.2, 0.25) is 70.9 Å². The lowest BCUT2D eigenvalue weighted by molar-refractivity contribution is -0.147. The Morgan fingerprint density at radius 3 is 1.13 bits per heavy atom.